The fourth-order valence-corrected chi connectivity index (χ4v) is 1.62. The Bertz CT molecular complexity index is 495. The highest BCUT2D eigenvalue weighted by Gasteiger charge is 2.07. The van der Waals surface area contributed by atoms with Crippen LogP contribution in [-0.2, 0) is 13.6 Å². The molecule has 1 atom stereocenters. The Morgan fingerprint density at radius 3 is 2.94 bits per heavy atom. The number of nitrogens with zero attached hydrogens (tertiary/aromatic N) is 3. The van der Waals surface area contributed by atoms with Crippen LogP contribution in [0.3, 0.4) is 0 Å². The van der Waals surface area contributed by atoms with E-state index in [1.54, 1.807) is 23.0 Å². The van der Waals surface area contributed by atoms with E-state index in [0.29, 0.717) is 6.54 Å². The zero-order valence-electron chi connectivity index (χ0n) is 9.89. The van der Waals surface area contributed by atoms with Crippen LogP contribution in [-0.4, -0.2) is 15.0 Å². The van der Waals surface area contributed by atoms with Crippen LogP contribution in [0.4, 0.5) is 4.39 Å². The highest BCUT2D eigenvalue weighted by Crippen LogP contribution is 2.13. The first-order chi connectivity index (χ1) is 8.16. The van der Waals surface area contributed by atoms with Gasteiger partial charge in [-0.15, -0.1) is 5.10 Å². The van der Waals surface area contributed by atoms with Crippen molar-refractivity contribution in [3.63, 3.8) is 0 Å². The Hall–Kier alpha value is -1.75. The third-order valence-electron chi connectivity index (χ3n) is 2.75. The van der Waals surface area contributed by atoms with Crippen LogP contribution in [0.5, 0.6) is 0 Å². The predicted molar refractivity (Wildman–Crippen MR) is 62.7 cm³/mol. The minimum atomic E-state index is -0.210. The van der Waals surface area contributed by atoms with E-state index in [0.717, 1.165) is 11.3 Å². The first-order valence-corrected chi connectivity index (χ1v) is 5.49. The molecule has 1 aromatic heterocycles. The zero-order valence-corrected chi connectivity index (χ0v) is 9.89. The van der Waals surface area contributed by atoms with E-state index in [4.69, 9.17) is 0 Å². The summed E-state index contributed by atoms with van der Waals surface area (Å²) < 4.78 is 14.8. The maximum absolute atomic E-state index is 13.1. The summed E-state index contributed by atoms with van der Waals surface area (Å²) in [5.74, 6) is -0.210. The van der Waals surface area contributed by atoms with E-state index in [1.165, 1.54) is 6.07 Å². The molecular weight excluding hydrogens is 219 g/mol. The van der Waals surface area contributed by atoms with Crippen molar-refractivity contribution in [1.29, 1.82) is 0 Å². The first kappa shape index (κ1) is 11.7. The zero-order chi connectivity index (χ0) is 12.3. The minimum absolute atomic E-state index is 0.0839. The number of aromatic nitrogens is 3. The Labute approximate surface area is 99.5 Å². The van der Waals surface area contributed by atoms with Gasteiger partial charge >= 0.3 is 0 Å². The fraction of sp³-hybridized carbons (Fsp3) is 0.333. The van der Waals surface area contributed by atoms with Gasteiger partial charge < -0.3 is 5.32 Å². The Morgan fingerprint density at radius 2 is 2.29 bits per heavy atom. The minimum Gasteiger partial charge on any atom is -0.305 e. The van der Waals surface area contributed by atoms with Crippen LogP contribution in [0.1, 0.15) is 24.2 Å². The molecule has 0 saturated heterocycles. The van der Waals surface area contributed by atoms with Crippen LogP contribution >= 0.6 is 0 Å². The van der Waals surface area contributed by atoms with Gasteiger partial charge in [-0.05, 0) is 24.6 Å². The summed E-state index contributed by atoms with van der Waals surface area (Å²) in [4.78, 5) is 0. The second kappa shape index (κ2) is 5.05. The van der Waals surface area contributed by atoms with Crippen LogP contribution < -0.4 is 5.32 Å². The van der Waals surface area contributed by atoms with Crippen molar-refractivity contribution in [2.24, 2.45) is 7.05 Å². The highest BCUT2D eigenvalue weighted by atomic mass is 19.1. The van der Waals surface area contributed by atoms with Crippen LogP contribution in [0.15, 0.2) is 30.5 Å². The predicted octanol–water partition coefficient (Wildman–Crippen LogP) is 1.80. The maximum atomic E-state index is 13.1. The van der Waals surface area contributed by atoms with Crippen molar-refractivity contribution in [2.75, 3.05) is 0 Å². The van der Waals surface area contributed by atoms with Crippen molar-refractivity contribution in [1.82, 2.24) is 20.3 Å². The van der Waals surface area contributed by atoms with Gasteiger partial charge in [-0.2, -0.15) is 0 Å². The Kier molecular flexibility index (Phi) is 3.49. The topological polar surface area (TPSA) is 42.7 Å². The first-order valence-electron chi connectivity index (χ1n) is 5.49. The van der Waals surface area contributed by atoms with Crippen LogP contribution in [0, 0.1) is 5.82 Å². The Balaban J connectivity index is 1.98. The standard InChI is InChI=1S/C12H15FN4/c1-9(10-4-3-5-11(13)6-10)14-7-12-8-15-16-17(12)2/h3-6,8-9,14H,7H2,1-2H3/t9-/m0/s1. The number of aryl methyl sites for hydroxylation is 1. The summed E-state index contributed by atoms with van der Waals surface area (Å²) in [5, 5.41) is 10.9. The summed E-state index contributed by atoms with van der Waals surface area (Å²) >= 11 is 0. The molecule has 0 spiro atoms. The van der Waals surface area contributed by atoms with E-state index in [9.17, 15) is 4.39 Å². The van der Waals surface area contributed by atoms with Gasteiger partial charge in [-0.1, -0.05) is 17.3 Å². The van der Waals surface area contributed by atoms with Gasteiger partial charge in [-0.3, -0.25) is 4.68 Å². The quantitative estimate of drug-likeness (QED) is 0.877. The van der Waals surface area contributed by atoms with Gasteiger partial charge in [-0.25, -0.2) is 4.39 Å². The van der Waals surface area contributed by atoms with E-state index < -0.39 is 0 Å². The summed E-state index contributed by atoms with van der Waals surface area (Å²) in [6, 6.07) is 6.69. The van der Waals surface area contributed by atoms with Gasteiger partial charge in [0.1, 0.15) is 5.82 Å². The molecule has 0 saturated carbocycles. The van der Waals surface area contributed by atoms with Crippen molar-refractivity contribution in [3.05, 3.63) is 47.5 Å². The molecule has 0 bridgehead atoms. The Morgan fingerprint density at radius 1 is 1.47 bits per heavy atom. The molecule has 4 nitrogen and oxygen atoms in total. The summed E-state index contributed by atoms with van der Waals surface area (Å²) in [7, 11) is 1.84. The third kappa shape index (κ3) is 2.88. The van der Waals surface area contributed by atoms with E-state index in [1.807, 2.05) is 20.0 Å². The normalized spacial score (nSPS) is 12.6. The molecule has 90 valence electrons. The highest BCUT2D eigenvalue weighted by molar-refractivity contribution is 5.19. The van der Waals surface area contributed by atoms with E-state index >= 15 is 0 Å². The molecule has 5 heteroatoms. The van der Waals surface area contributed by atoms with Gasteiger partial charge in [0.2, 0.25) is 0 Å². The molecule has 0 aliphatic carbocycles. The molecule has 1 heterocycles. The van der Waals surface area contributed by atoms with E-state index in [2.05, 4.69) is 15.6 Å². The van der Waals surface area contributed by atoms with Gasteiger partial charge in [0, 0.05) is 19.6 Å². The van der Waals surface area contributed by atoms with Crippen molar-refractivity contribution < 1.29 is 4.39 Å². The molecular formula is C12H15FN4. The van der Waals surface area contributed by atoms with Crippen molar-refractivity contribution in [2.45, 2.75) is 19.5 Å². The second-order valence-corrected chi connectivity index (χ2v) is 4.01. The van der Waals surface area contributed by atoms with Gasteiger partial charge in [0.05, 0.1) is 11.9 Å². The van der Waals surface area contributed by atoms with Gasteiger partial charge in [0.15, 0.2) is 0 Å². The molecule has 0 unspecified atom stereocenters. The lowest BCUT2D eigenvalue weighted by Gasteiger charge is -2.14. The number of halogens is 1. The molecule has 0 amide bonds. The molecule has 2 aromatic rings. The molecule has 1 aromatic carbocycles. The number of rotatable bonds is 4. The summed E-state index contributed by atoms with van der Waals surface area (Å²) in [6.07, 6.45) is 1.71. The summed E-state index contributed by atoms with van der Waals surface area (Å²) in [6.45, 7) is 2.65. The maximum Gasteiger partial charge on any atom is 0.123 e. The van der Waals surface area contributed by atoms with Crippen LogP contribution in [0.2, 0.25) is 0 Å². The summed E-state index contributed by atoms with van der Waals surface area (Å²) in [5.41, 5.74) is 1.92. The molecule has 17 heavy (non-hydrogen) atoms. The molecule has 2 rings (SSSR count). The lowest BCUT2D eigenvalue weighted by Crippen LogP contribution is -2.19. The fourth-order valence-electron chi connectivity index (χ4n) is 1.62. The second-order valence-electron chi connectivity index (χ2n) is 4.01. The van der Waals surface area contributed by atoms with Gasteiger partial charge in [0.25, 0.3) is 0 Å². The number of nitrogens with one attached hydrogen (secondary N) is 1. The molecule has 0 aliphatic heterocycles. The van der Waals surface area contributed by atoms with Crippen LogP contribution in [0.25, 0.3) is 0 Å². The molecule has 0 fully saturated rings. The van der Waals surface area contributed by atoms with Crippen molar-refractivity contribution in [3.8, 4) is 0 Å². The average Bonchev–Trinajstić information content (AvgIpc) is 2.72. The lowest BCUT2D eigenvalue weighted by atomic mass is 10.1. The molecule has 1 N–H and O–H groups in total. The van der Waals surface area contributed by atoms with E-state index in [-0.39, 0.29) is 11.9 Å². The molecule has 0 aliphatic rings. The monoisotopic (exact) mass is 234 g/mol. The largest absolute Gasteiger partial charge is 0.305 e. The molecule has 0 radical (unpaired) electrons. The number of benzene rings is 1. The number of hydrogen-bond acceptors (Lipinski definition) is 3. The number of hydrogen-bond donors (Lipinski definition) is 1. The van der Waals surface area contributed by atoms with Crippen molar-refractivity contribution >= 4 is 0 Å². The third-order valence-corrected chi connectivity index (χ3v) is 2.75. The average molecular weight is 234 g/mol. The lowest BCUT2D eigenvalue weighted by molar-refractivity contribution is 0.541. The smallest absolute Gasteiger partial charge is 0.123 e. The SMILES string of the molecule is C[C@H](NCc1cnnn1C)c1cccc(F)c1.